The SMILES string of the molecule is O=C(Nc1ccc(S(=O)(=O)Nc2ncccn2)cc1)[C@H]1CCCN(S(=O)(=O)Cc2ccc(Cl)cc2Cl)C1. The number of rotatable bonds is 8. The molecule has 4 rings (SSSR count). The van der Waals surface area contributed by atoms with Crippen molar-refractivity contribution in [3.8, 4) is 0 Å². The van der Waals surface area contributed by atoms with Crippen molar-refractivity contribution >= 4 is 60.8 Å². The van der Waals surface area contributed by atoms with E-state index in [0.717, 1.165) is 0 Å². The zero-order chi connectivity index (χ0) is 26.6. The summed E-state index contributed by atoms with van der Waals surface area (Å²) in [4.78, 5) is 20.5. The minimum absolute atomic E-state index is 0.0336. The Balaban J connectivity index is 1.38. The average molecular weight is 585 g/mol. The van der Waals surface area contributed by atoms with E-state index in [2.05, 4.69) is 20.0 Å². The largest absolute Gasteiger partial charge is 0.326 e. The third kappa shape index (κ3) is 6.96. The summed E-state index contributed by atoms with van der Waals surface area (Å²) in [6.07, 6.45) is 3.87. The maximum Gasteiger partial charge on any atom is 0.264 e. The van der Waals surface area contributed by atoms with Crippen LogP contribution in [0.25, 0.3) is 0 Å². The van der Waals surface area contributed by atoms with Crippen LogP contribution in [0.4, 0.5) is 11.6 Å². The molecular weight excluding hydrogens is 561 g/mol. The number of aromatic nitrogens is 2. The third-order valence-corrected chi connectivity index (χ3v) is 9.45. The van der Waals surface area contributed by atoms with E-state index in [0.29, 0.717) is 35.7 Å². The van der Waals surface area contributed by atoms with Gasteiger partial charge in [0.05, 0.1) is 16.6 Å². The molecule has 0 saturated carbocycles. The fourth-order valence-corrected chi connectivity index (χ4v) is 6.98. The molecule has 1 amide bonds. The molecule has 10 nitrogen and oxygen atoms in total. The Labute approximate surface area is 225 Å². The summed E-state index contributed by atoms with van der Waals surface area (Å²) in [5.74, 6) is -1.27. The molecule has 1 fully saturated rings. The van der Waals surface area contributed by atoms with Crippen molar-refractivity contribution in [1.82, 2.24) is 14.3 Å². The smallest absolute Gasteiger partial charge is 0.264 e. The van der Waals surface area contributed by atoms with Gasteiger partial charge in [-0.1, -0.05) is 29.3 Å². The van der Waals surface area contributed by atoms with Gasteiger partial charge in [0.2, 0.25) is 21.9 Å². The summed E-state index contributed by atoms with van der Waals surface area (Å²) in [6.45, 7) is 0.342. The maximum atomic E-state index is 13.0. The molecule has 2 heterocycles. The predicted octanol–water partition coefficient (Wildman–Crippen LogP) is 3.76. The van der Waals surface area contributed by atoms with Crippen LogP contribution in [0.15, 0.2) is 65.8 Å². The second kappa shape index (κ2) is 11.3. The summed E-state index contributed by atoms with van der Waals surface area (Å²) in [5.41, 5.74) is 0.814. The number of amides is 1. The van der Waals surface area contributed by atoms with Crippen molar-refractivity contribution in [1.29, 1.82) is 0 Å². The van der Waals surface area contributed by atoms with Gasteiger partial charge in [-0.25, -0.2) is 35.8 Å². The molecule has 1 atom stereocenters. The third-order valence-electron chi connectivity index (χ3n) is 5.72. The quantitative estimate of drug-likeness (QED) is 0.411. The van der Waals surface area contributed by atoms with Gasteiger partial charge in [-0.05, 0) is 60.9 Å². The van der Waals surface area contributed by atoms with Gasteiger partial charge in [-0.2, -0.15) is 0 Å². The van der Waals surface area contributed by atoms with Gasteiger partial charge in [0.25, 0.3) is 10.0 Å². The summed E-state index contributed by atoms with van der Waals surface area (Å²) in [7, 11) is -7.63. The molecule has 1 aromatic heterocycles. The van der Waals surface area contributed by atoms with Gasteiger partial charge in [0, 0.05) is 41.2 Å². The molecule has 1 saturated heterocycles. The molecule has 2 N–H and O–H groups in total. The van der Waals surface area contributed by atoms with Crippen molar-refractivity contribution < 1.29 is 21.6 Å². The van der Waals surface area contributed by atoms with Crippen LogP contribution in [0.3, 0.4) is 0 Å². The topological polar surface area (TPSA) is 138 Å². The average Bonchev–Trinajstić information content (AvgIpc) is 2.86. The number of carbonyl (C=O) groups excluding carboxylic acids is 1. The first-order valence-corrected chi connectivity index (χ1v) is 15.0. The van der Waals surface area contributed by atoms with Crippen LogP contribution in [0, 0.1) is 5.92 Å². The van der Waals surface area contributed by atoms with E-state index in [1.807, 2.05) is 0 Å². The number of anilines is 2. The first-order chi connectivity index (χ1) is 17.5. The number of carbonyl (C=O) groups is 1. The molecular formula is C23H23Cl2N5O5S2. The molecule has 0 bridgehead atoms. The molecule has 1 aliphatic rings. The number of sulfonamides is 2. The number of nitrogens with zero attached hydrogens (tertiary/aromatic N) is 3. The number of nitrogens with one attached hydrogen (secondary N) is 2. The molecule has 37 heavy (non-hydrogen) atoms. The van der Waals surface area contributed by atoms with Crippen molar-refractivity contribution in [2.45, 2.75) is 23.5 Å². The van der Waals surface area contributed by atoms with Crippen molar-refractivity contribution in [2.75, 3.05) is 23.1 Å². The predicted molar refractivity (Wildman–Crippen MR) is 141 cm³/mol. The molecule has 3 aromatic rings. The van der Waals surface area contributed by atoms with E-state index in [1.165, 1.54) is 47.0 Å². The van der Waals surface area contributed by atoms with E-state index in [1.54, 1.807) is 18.2 Å². The van der Waals surface area contributed by atoms with Crippen LogP contribution in [0.1, 0.15) is 18.4 Å². The Morgan fingerprint density at radius 3 is 2.41 bits per heavy atom. The van der Waals surface area contributed by atoms with Crippen molar-refractivity contribution in [3.63, 3.8) is 0 Å². The number of halogens is 2. The van der Waals surface area contributed by atoms with Gasteiger partial charge < -0.3 is 5.32 Å². The lowest BCUT2D eigenvalue weighted by Gasteiger charge is -2.31. The van der Waals surface area contributed by atoms with E-state index in [9.17, 15) is 21.6 Å². The summed E-state index contributed by atoms with van der Waals surface area (Å²) in [5, 5.41) is 3.41. The van der Waals surface area contributed by atoms with Gasteiger partial charge in [-0.3, -0.25) is 4.79 Å². The second-order valence-electron chi connectivity index (χ2n) is 8.38. The number of benzene rings is 2. The van der Waals surface area contributed by atoms with E-state index >= 15 is 0 Å². The minimum Gasteiger partial charge on any atom is -0.326 e. The fraction of sp³-hybridized carbons (Fsp3) is 0.261. The van der Waals surface area contributed by atoms with Crippen LogP contribution in [-0.4, -0.2) is 50.1 Å². The van der Waals surface area contributed by atoms with Gasteiger partial charge in [-0.15, -0.1) is 0 Å². The highest BCUT2D eigenvalue weighted by atomic mass is 35.5. The molecule has 196 valence electrons. The number of hydrogen-bond donors (Lipinski definition) is 2. The van der Waals surface area contributed by atoms with Gasteiger partial charge in [0.1, 0.15) is 0 Å². The van der Waals surface area contributed by atoms with Crippen LogP contribution >= 0.6 is 23.2 Å². The second-order valence-corrected chi connectivity index (χ2v) is 12.9. The molecule has 0 spiro atoms. The summed E-state index contributed by atoms with van der Waals surface area (Å²) >= 11 is 12.0. The van der Waals surface area contributed by atoms with E-state index in [-0.39, 0.29) is 34.1 Å². The number of hydrogen-bond acceptors (Lipinski definition) is 7. The minimum atomic E-state index is -3.91. The number of piperidine rings is 1. The molecule has 14 heteroatoms. The Morgan fingerprint density at radius 2 is 1.73 bits per heavy atom. The van der Waals surface area contributed by atoms with Gasteiger partial charge in [0.15, 0.2) is 0 Å². The highest BCUT2D eigenvalue weighted by Crippen LogP contribution is 2.27. The fourth-order valence-electron chi connectivity index (χ4n) is 3.83. The molecule has 0 radical (unpaired) electrons. The molecule has 0 unspecified atom stereocenters. The monoisotopic (exact) mass is 583 g/mol. The van der Waals surface area contributed by atoms with Crippen LogP contribution in [0.5, 0.6) is 0 Å². The lowest BCUT2D eigenvalue weighted by atomic mass is 9.99. The van der Waals surface area contributed by atoms with Crippen LogP contribution in [-0.2, 0) is 30.6 Å². The van der Waals surface area contributed by atoms with E-state index in [4.69, 9.17) is 23.2 Å². The Morgan fingerprint density at radius 1 is 1.03 bits per heavy atom. The highest BCUT2D eigenvalue weighted by Gasteiger charge is 2.33. The zero-order valence-corrected chi connectivity index (χ0v) is 22.5. The first-order valence-electron chi connectivity index (χ1n) is 11.2. The molecule has 1 aliphatic heterocycles. The Bertz CT molecular complexity index is 1490. The lowest BCUT2D eigenvalue weighted by molar-refractivity contribution is -0.120. The Hall–Kier alpha value is -2.77. The Kier molecular flexibility index (Phi) is 8.34. The lowest BCUT2D eigenvalue weighted by Crippen LogP contribution is -2.44. The molecule has 2 aromatic carbocycles. The normalized spacial score (nSPS) is 16.8. The highest BCUT2D eigenvalue weighted by molar-refractivity contribution is 7.92. The van der Waals surface area contributed by atoms with Crippen LogP contribution < -0.4 is 10.0 Å². The molecule has 0 aliphatic carbocycles. The van der Waals surface area contributed by atoms with Crippen LogP contribution in [0.2, 0.25) is 10.0 Å². The van der Waals surface area contributed by atoms with Crippen molar-refractivity contribution in [3.05, 3.63) is 76.5 Å². The zero-order valence-electron chi connectivity index (χ0n) is 19.3. The van der Waals surface area contributed by atoms with E-state index < -0.39 is 26.0 Å². The summed E-state index contributed by atoms with van der Waals surface area (Å²) < 4.78 is 54.7. The first kappa shape index (κ1) is 27.3. The summed E-state index contributed by atoms with van der Waals surface area (Å²) in [6, 6.07) is 11.8. The van der Waals surface area contributed by atoms with Gasteiger partial charge >= 0.3 is 0 Å². The maximum absolute atomic E-state index is 13.0. The standard InChI is InChI=1S/C23H23Cl2N5O5S2/c24-18-5-4-17(21(25)13-18)15-36(32,33)30-12-1-3-16(14-30)22(31)28-19-6-8-20(9-7-19)37(34,35)29-23-26-10-2-11-27-23/h2,4-11,13,16H,1,3,12,14-15H2,(H,28,31)(H,26,27,29)/t16-/m0/s1. The van der Waals surface area contributed by atoms with Crippen molar-refractivity contribution in [2.24, 2.45) is 5.92 Å².